The first-order valence-electron chi connectivity index (χ1n) is 6.67. The summed E-state index contributed by atoms with van der Waals surface area (Å²) >= 11 is 0. The molecule has 3 nitrogen and oxygen atoms in total. The molecule has 0 atom stereocenters. The molecule has 0 saturated heterocycles. The first-order chi connectivity index (χ1) is 7.75. The average Bonchev–Trinajstić information content (AvgIpc) is 2.76. The van der Waals surface area contributed by atoms with Crippen LogP contribution in [0.3, 0.4) is 0 Å². The zero-order chi connectivity index (χ0) is 11.4. The Bertz CT molecular complexity index is 311. The highest BCUT2D eigenvalue weighted by Crippen LogP contribution is 2.30. The Balaban J connectivity index is 1.90. The molecule has 90 valence electrons. The molecular weight excluding hydrogens is 198 g/mol. The van der Waals surface area contributed by atoms with E-state index in [1.165, 1.54) is 38.5 Å². The van der Waals surface area contributed by atoms with Gasteiger partial charge in [-0.3, -0.25) is 5.10 Å². The maximum atomic E-state index is 4.64. The molecule has 1 aromatic rings. The lowest BCUT2D eigenvalue weighted by atomic mass is 9.89. The highest BCUT2D eigenvalue weighted by atomic mass is 15.2. The van der Waals surface area contributed by atoms with Gasteiger partial charge in [0.25, 0.3) is 0 Å². The van der Waals surface area contributed by atoms with Crippen LogP contribution in [0.1, 0.15) is 69.9 Å². The monoisotopic (exact) mass is 221 g/mol. The van der Waals surface area contributed by atoms with E-state index in [2.05, 4.69) is 29.0 Å². The minimum atomic E-state index is 0.623. The molecule has 1 heterocycles. The molecule has 0 amide bonds. The molecule has 16 heavy (non-hydrogen) atoms. The van der Waals surface area contributed by atoms with Crippen LogP contribution in [0.4, 0.5) is 0 Å². The van der Waals surface area contributed by atoms with Crippen molar-refractivity contribution in [2.75, 3.05) is 0 Å². The number of nitrogens with zero attached hydrogens (tertiary/aromatic N) is 2. The van der Waals surface area contributed by atoms with E-state index in [4.69, 9.17) is 0 Å². The second kappa shape index (κ2) is 5.46. The average molecular weight is 221 g/mol. The molecule has 1 aromatic heterocycles. The van der Waals surface area contributed by atoms with Crippen molar-refractivity contribution >= 4 is 0 Å². The Morgan fingerprint density at radius 3 is 2.69 bits per heavy atom. The summed E-state index contributed by atoms with van der Waals surface area (Å²) in [6, 6.07) is 0. The van der Waals surface area contributed by atoms with Crippen molar-refractivity contribution in [2.24, 2.45) is 5.92 Å². The van der Waals surface area contributed by atoms with Gasteiger partial charge in [0.2, 0.25) is 0 Å². The highest BCUT2D eigenvalue weighted by molar-refractivity contribution is 4.99. The second-order valence-corrected chi connectivity index (χ2v) is 5.41. The van der Waals surface area contributed by atoms with Crippen molar-refractivity contribution < 1.29 is 0 Å². The molecule has 0 unspecified atom stereocenters. The standard InChI is InChI=1S/C13H23N3/c1-10(2)8-9-12-14-13(16-15-12)11-6-4-3-5-7-11/h10-11H,3-9H2,1-2H3,(H,14,15,16). The lowest BCUT2D eigenvalue weighted by Gasteiger charge is -2.18. The summed E-state index contributed by atoms with van der Waals surface area (Å²) in [6.45, 7) is 4.50. The van der Waals surface area contributed by atoms with Crippen LogP contribution in [0.25, 0.3) is 0 Å². The van der Waals surface area contributed by atoms with Crippen LogP contribution in [0.15, 0.2) is 0 Å². The second-order valence-electron chi connectivity index (χ2n) is 5.41. The highest BCUT2D eigenvalue weighted by Gasteiger charge is 2.19. The zero-order valence-corrected chi connectivity index (χ0v) is 10.5. The fraction of sp³-hybridized carbons (Fsp3) is 0.846. The summed E-state index contributed by atoms with van der Waals surface area (Å²) in [4.78, 5) is 4.64. The van der Waals surface area contributed by atoms with Crippen LogP contribution >= 0.6 is 0 Å². The van der Waals surface area contributed by atoms with Gasteiger partial charge in [-0.15, -0.1) is 0 Å². The van der Waals surface area contributed by atoms with Crippen LogP contribution in [-0.2, 0) is 6.42 Å². The molecule has 0 aromatic carbocycles. The van der Waals surface area contributed by atoms with Gasteiger partial charge in [0.05, 0.1) is 0 Å². The number of hydrogen-bond acceptors (Lipinski definition) is 2. The maximum absolute atomic E-state index is 4.64. The number of rotatable bonds is 4. The van der Waals surface area contributed by atoms with Gasteiger partial charge < -0.3 is 0 Å². The lowest BCUT2D eigenvalue weighted by Crippen LogP contribution is -2.06. The number of nitrogens with one attached hydrogen (secondary N) is 1. The Morgan fingerprint density at radius 2 is 2.00 bits per heavy atom. The third-order valence-electron chi connectivity index (χ3n) is 3.48. The van der Waals surface area contributed by atoms with Gasteiger partial charge in [0.15, 0.2) is 5.82 Å². The van der Waals surface area contributed by atoms with Gasteiger partial charge in [0.1, 0.15) is 5.82 Å². The predicted octanol–water partition coefficient (Wildman–Crippen LogP) is 3.44. The Morgan fingerprint density at radius 1 is 1.25 bits per heavy atom. The maximum Gasteiger partial charge on any atom is 0.153 e. The van der Waals surface area contributed by atoms with Crippen LogP contribution in [0.2, 0.25) is 0 Å². The minimum absolute atomic E-state index is 0.623. The molecule has 1 saturated carbocycles. The topological polar surface area (TPSA) is 41.6 Å². The zero-order valence-electron chi connectivity index (χ0n) is 10.5. The van der Waals surface area contributed by atoms with E-state index in [9.17, 15) is 0 Å². The summed E-state index contributed by atoms with van der Waals surface area (Å²) in [5, 5.41) is 7.48. The fourth-order valence-electron chi connectivity index (χ4n) is 2.39. The van der Waals surface area contributed by atoms with Crippen molar-refractivity contribution in [1.82, 2.24) is 15.2 Å². The van der Waals surface area contributed by atoms with E-state index >= 15 is 0 Å². The normalized spacial score (nSPS) is 18.2. The van der Waals surface area contributed by atoms with E-state index in [0.717, 1.165) is 24.0 Å². The quantitative estimate of drug-likeness (QED) is 0.846. The molecule has 0 radical (unpaired) electrons. The van der Waals surface area contributed by atoms with Gasteiger partial charge in [0, 0.05) is 12.3 Å². The Labute approximate surface area is 98.1 Å². The molecule has 0 bridgehead atoms. The summed E-state index contributed by atoms with van der Waals surface area (Å²) in [5.41, 5.74) is 0. The van der Waals surface area contributed by atoms with E-state index in [0.29, 0.717) is 5.92 Å². The largest absolute Gasteiger partial charge is 0.263 e. The van der Waals surface area contributed by atoms with Gasteiger partial charge in [-0.1, -0.05) is 33.1 Å². The van der Waals surface area contributed by atoms with Gasteiger partial charge in [-0.25, -0.2) is 4.98 Å². The summed E-state index contributed by atoms with van der Waals surface area (Å²) in [5.74, 6) is 3.51. The van der Waals surface area contributed by atoms with Crippen LogP contribution in [-0.4, -0.2) is 15.2 Å². The molecule has 1 fully saturated rings. The molecule has 1 N–H and O–H groups in total. The van der Waals surface area contributed by atoms with Gasteiger partial charge in [-0.05, 0) is 25.2 Å². The van der Waals surface area contributed by atoms with Crippen molar-refractivity contribution in [3.8, 4) is 0 Å². The summed E-state index contributed by atoms with van der Waals surface area (Å²) in [7, 11) is 0. The molecule has 2 rings (SSSR count). The first kappa shape index (κ1) is 11.6. The fourth-order valence-corrected chi connectivity index (χ4v) is 2.39. The lowest BCUT2D eigenvalue weighted by molar-refractivity contribution is 0.429. The number of H-pyrrole nitrogens is 1. The van der Waals surface area contributed by atoms with Crippen molar-refractivity contribution in [1.29, 1.82) is 0 Å². The third kappa shape index (κ3) is 3.06. The van der Waals surface area contributed by atoms with Crippen molar-refractivity contribution in [2.45, 2.75) is 64.7 Å². The molecule has 3 heteroatoms. The Hall–Kier alpha value is -0.860. The van der Waals surface area contributed by atoms with Gasteiger partial charge in [-0.2, -0.15) is 5.10 Å². The Kier molecular flexibility index (Phi) is 3.97. The number of aromatic amines is 1. The number of hydrogen-bond donors (Lipinski definition) is 1. The summed E-state index contributed by atoms with van der Waals surface area (Å²) < 4.78 is 0. The third-order valence-corrected chi connectivity index (χ3v) is 3.48. The molecule has 0 spiro atoms. The van der Waals surface area contributed by atoms with Crippen LogP contribution in [0.5, 0.6) is 0 Å². The number of aromatic nitrogens is 3. The summed E-state index contributed by atoms with van der Waals surface area (Å²) in [6.07, 6.45) is 8.88. The van der Waals surface area contributed by atoms with Crippen LogP contribution in [0, 0.1) is 5.92 Å². The molecule has 0 aliphatic heterocycles. The van der Waals surface area contributed by atoms with Crippen molar-refractivity contribution in [3.05, 3.63) is 11.6 Å². The molecule has 1 aliphatic rings. The first-order valence-corrected chi connectivity index (χ1v) is 6.67. The SMILES string of the molecule is CC(C)CCc1nc(C2CCCCC2)n[nH]1. The predicted molar refractivity (Wildman–Crippen MR) is 65.4 cm³/mol. The smallest absolute Gasteiger partial charge is 0.153 e. The van der Waals surface area contributed by atoms with Crippen LogP contribution < -0.4 is 0 Å². The number of aryl methyl sites for hydroxylation is 1. The van der Waals surface area contributed by atoms with E-state index in [-0.39, 0.29) is 0 Å². The van der Waals surface area contributed by atoms with Crippen molar-refractivity contribution in [3.63, 3.8) is 0 Å². The van der Waals surface area contributed by atoms with E-state index in [1.807, 2.05) is 0 Å². The van der Waals surface area contributed by atoms with E-state index < -0.39 is 0 Å². The minimum Gasteiger partial charge on any atom is -0.263 e. The van der Waals surface area contributed by atoms with Gasteiger partial charge >= 0.3 is 0 Å². The van der Waals surface area contributed by atoms with E-state index in [1.54, 1.807) is 0 Å². The molecular formula is C13H23N3. The molecule has 1 aliphatic carbocycles.